The monoisotopic (exact) mass is 214 g/mol. The number of nitrogens with zero attached hydrogens (tertiary/aromatic N) is 1. The Hall–Kier alpha value is -0.120. The van der Waals surface area contributed by atoms with Gasteiger partial charge < -0.3 is 15.0 Å². The molecule has 0 spiro atoms. The SMILES string of the molecule is CCNCCCCOC1CCN(C)CC1. The summed E-state index contributed by atoms with van der Waals surface area (Å²) in [6.07, 6.45) is 5.38. The summed E-state index contributed by atoms with van der Waals surface area (Å²) in [5, 5.41) is 3.33. The van der Waals surface area contributed by atoms with Crippen molar-refractivity contribution in [3.63, 3.8) is 0 Å². The molecule has 1 aliphatic heterocycles. The molecule has 90 valence electrons. The Balaban J connectivity index is 1.87. The normalized spacial score (nSPS) is 19.6. The molecule has 1 heterocycles. The Morgan fingerprint density at radius 1 is 1.27 bits per heavy atom. The first kappa shape index (κ1) is 12.9. The van der Waals surface area contributed by atoms with Gasteiger partial charge in [0.15, 0.2) is 0 Å². The zero-order chi connectivity index (χ0) is 10.9. The molecule has 0 radical (unpaired) electrons. The average Bonchev–Trinajstić information content (AvgIpc) is 2.26. The van der Waals surface area contributed by atoms with Gasteiger partial charge in [-0.05, 0) is 45.8 Å². The van der Waals surface area contributed by atoms with Crippen molar-refractivity contribution in [1.82, 2.24) is 10.2 Å². The fourth-order valence-electron chi connectivity index (χ4n) is 1.93. The van der Waals surface area contributed by atoms with E-state index in [0.29, 0.717) is 6.10 Å². The second-order valence-corrected chi connectivity index (χ2v) is 4.43. The van der Waals surface area contributed by atoms with Gasteiger partial charge in [-0.15, -0.1) is 0 Å². The number of nitrogens with one attached hydrogen (secondary N) is 1. The molecule has 0 aliphatic carbocycles. The molecule has 1 rings (SSSR count). The van der Waals surface area contributed by atoms with E-state index in [9.17, 15) is 0 Å². The Labute approximate surface area is 94.2 Å². The van der Waals surface area contributed by atoms with Crippen LogP contribution in [-0.2, 0) is 4.74 Å². The van der Waals surface area contributed by atoms with E-state index in [4.69, 9.17) is 4.74 Å². The van der Waals surface area contributed by atoms with E-state index >= 15 is 0 Å². The van der Waals surface area contributed by atoms with Crippen molar-refractivity contribution >= 4 is 0 Å². The topological polar surface area (TPSA) is 24.5 Å². The average molecular weight is 214 g/mol. The van der Waals surface area contributed by atoms with E-state index in [0.717, 1.165) is 19.7 Å². The maximum Gasteiger partial charge on any atom is 0.0599 e. The molecule has 1 fully saturated rings. The molecule has 0 aromatic heterocycles. The van der Waals surface area contributed by atoms with Gasteiger partial charge in [0.05, 0.1) is 6.10 Å². The molecular formula is C12H26N2O. The lowest BCUT2D eigenvalue weighted by Gasteiger charge is -2.28. The summed E-state index contributed by atoms with van der Waals surface area (Å²) in [7, 11) is 2.19. The van der Waals surface area contributed by atoms with E-state index in [1.54, 1.807) is 0 Å². The Kier molecular flexibility index (Phi) is 6.98. The minimum atomic E-state index is 0.528. The molecule has 3 nitrogen and oxygen atoms in total. The van der Waals surface area contributed by atoms with Crippen LogP contribution in [0, 0.1) is 0 Å². The third kappa shape index (κ3) is 6.13. The summed E-state index contributed by atoms with van der Waals surface area (Å²) in [6.45, 7) is 7.70. The molecule has 3 heteroatoms. The van der Waals surface area contributed by atoms with E-state index < -0.39 is 0 Å². The van der Waals surface area contributed by atoms with Gasteiger partial charge in [0.2, 0.25) is 0 Å². The molecule has 0 unspecified atom stereocenters. The summed E-state index contributed by atoms with van der Waals surface area (Å²) in [4.78, 5) is 2.38. The van der Waals surface area contributed by atoms with Crippen LogP contribution in [0.5, 0.6) is 0 Å². The molecule has 1 saturated heterocycles. The zero-order valence-electron chi connectivity index (χ0n) is 10.3. The number of piperidine rings is 1. The summed E-state index contributed by atoms with van der Waals surface area (Å²) >= 11 is 0. The maximum absolute atomic E-state index is 5.86. The number of hydrogen-bond acceptors (Lipinski definition) is 3. The second kappa shape index (κ2) is 8.08. The van der Waals surface area contributed by atoms with Crippen molar-refractivity contribution in [2.45, 2.75) is 38.7 Å². The van der Waals surface area contributed by atoms with Crippen LogP contribution in [0.15, 0.2) is 0 Å². The van der Waals surface area contributed by atoms with E-state index in [1.165, 1.54) is 38.8 Å². The van der Waals surface area contributed by atoms with Crippen molar-refractivity contribution in [2.75, 3.05) is 39.8 Å². The lowest BCUT2D eigenvalue weighted by atomic mass is 10.1. The van der Waals surface area contributed by atoms with Crippen molar-refractivity contribution in [1.29, 1.82) is 0 Å². The number of rotatable bonds is 7. The summed E-state index contributed by atoms with van der Waals surface area (Å²) in [5.74, 6) is 0. The van der Waals surface area contributed by atoms with Crippen molar-refractivity contribution in [3.8, 4) is 0 Å². The van der Waals surface area contributed by atoms with Gasteiger partial charge in [0.25, 0.3) is 0 Å². The third-order valence-electron chi connectivity index (χ3n) is 3.02. The zero-order valence-corrected chi connectivity index (χ0v) is 10.3. The Morgan fingerprint density at radius 3 is 2.67 bits per heavy atom. The molecule has 0 amide bonds. The van der Waals surface area contributed by atoms with Crippen LogP contribution in [0.2, 0.25) is 0 Å². The first-order chi connectivity index (χ1) is 7.33. The summed E-state index contributed by atoms with van der Waals surface area (Å²) in [6, 6.07) is 0. The summed E-state index contributed by atoms with van der Waals surface area (Å²) in [5.41, 5.74) is 0. The molecular weight excluding hydrogens is 188 g/mol. The number of likely N-dealkylation sites (tertiary alicyclic amines) is 1. The number of unbranched alkanes of at least 4 members (excludes halogenated alkanes) is 1. The molecule has 15 heavy (non-hydrogen) atoms. The Bertz CT molecular complexity index is 145. The second-order valence-electron chi connectivity index (χ2n) is 4.43. The van der Waals surface area contributed by atoms with Gasteiger partial charge in [-0.3, -0.25) is 0 Å². The van der Waals surface area contributed by atoms with Crippen molar-refractivity contribution in [3.05, 3.63) is 0 Å². The summed E-state index contributed by atoms with van der Waals surface area (Å²) < 4.78 is 5.86. The minimum absolute atomic E-state index is 0.528. The largest absolute Gasteiger partial charge is 0.378 e. The van der Waals surface area contributed by atoms with Gasteiger partial charge in [0, 0.05) is 19.7 Å². The first-order valence-electron chi connectivity index (χ1n) is 6.33. The maximum atomic E-state index is 5.86. The highest BCUT2D eigenvalue weighted by Gasteiger charge is 2.16. The molecule has 0 aromatic rings. The van der Waals surface area contributed by atoms with Crippen LogP contribution in [-0.4, -0.2) is 50.8 Å². The molecule has 1 aliphatic rings. The predicted octanol–water partition coefficient (Wildman–Crippen LogP) is 1.49. The van der Waals surface area contributed by atoms with E-state index in [1.807, 2.05) is 0 Å². The van der Waals surface area contributed by atoms with Crippen molar-refractivity contribution in [2.24, 2.45) is 0 Å². The van der Waals surface area contributed by atoms with Gasteiger partial charge in [-0.2, -0.15) is 0 Å². The number of ether oxygens (including phenoxy) is 1. The fraction of sp³-hybridized carbons (Fsp3) is 1.00. The van der Waals surface area contributed by atoms with Gasteiger partial charge >= 0.3 is 0 Å². The molecule has 0 aromatic carbocycles. The van der Waals surface area contributed by atoms with Crippen LogP contribution in [0.3, 0.4) is 0 Å². The standard InChI is InChI=1S/C12H26N2O/c1-3-13-8-4-5-11-15-12-6-9-14(2)10-7-12/h12-13H,3-11H2,1-2H3. The smallest absolute Gasteiger partial charge is 0.0599 e. The highest BCUT2D eigenvalue weighted by molar-refractivity contribution is 4.69. The van der Waals surface area contributed by atoms with E-state index in [-0.39, 0.29) is 0 Å². The van der Waals surface area contributed by atoms with Crippen molar-refractivity contribution < 1.29 is 4.74 Å². The predicted molar refractivity (Wildman–Crippen MR) is 64.2 cm³/mol. The molecule has 0 atom stereocenters. The minimum Gasteiger partial charge on any atom is -0.378 e. The number of hydrogen-bond donors (Lipinski definition) is 1. The molecule has 0 bridgehead atoms. The van der Waals surface area contributed by atoms with Crippen LogP contribution < -0.4 is 5.32 Å². The molecule has 0 saturated carbocycles. The fourth-order valence-corrected chi connectivity index (χ4v) is 1.93. The van der Waals surface area contributed by atoms with Crippen LogP contribution >= 0.6 is 0 Å². The van der Waals surface area contributed by atoms with Crippen LogP contribution in [0.4, 0.5) is 0 Å². The Morgan fingerprint density at radius 2 is 2.00 bits per heavy atom. The van der Waals surface area contributed by atoms with Gasteiger partial charge in [0.1, 0.15) is 0 Å². The van der Waals surface area contributed by atoms with Gasteiger partial charge in [-0.25, -0.2) is 0 Å². The molecule has 1 N–H and O–H groups in total. The first-order valence-corrected chi connectivity index (χ1v) is 6.33. The highest BCUT2D eigenvalue weighted by Crippen LogP contribution is 2.12. The van der Waals surface area contributed by atoms with Crippen LogP contribution in [0.25, 0.3) is 0 Å². The van der Waals surface area contributed by atoms with Crippen LogP contribution in [0.1, 0.15) is 32.6 Å². The van der Waals surface area contributed by atoms with Gasteiger partial charge in [-0.1, -0.05) is 6.92 Å². The third-order valence-corrected chi connectivity index (χ3v) is 3.02. The lowest BCUT2D eigenvalue weighted by Crippen LogP contribution is -2.34. The quantitative estimate of drug-likeness (QED) is 0.650. The highest BCUT2D eigenvalue weighted by atomic mass is 16.5. The lowest BCUT2D eigenvalue weighted by molar-refractivity contribution is 0.0110. The van der Waals surface area contributed by atoms with E-state index in [2.05, 4.69) is 24.2 Å².